The number of phosphoric acid groups is 2. The molecule has 13 nitrogen and oxygen atoms in total. The standard InChI is InChI=1S/C9H13FN2O11P2/c10-9(4-21-25(19,20)23-24(16,17)18)3-5(13)7(22-9)12-2-1-6(14)11-8(12)15/h1-2,5,7,13H,3-4H2,(H,19,20)(H,11,14,15)(H2,16,17,18)/t5-,7-,9+/m1/s1/i4D2,7D. The highest BCUT2D eigenvalue weighted by molar-refractivity contribution is 7.60. The molecule has 1 aromatic heterocycles. The molecule has 1 unspecified atom stereocenters. The van der Waals surface area contributed by atoms with Gasteiger partial charge in [-0.1, -0.05) is 0 Å². The zero-order chi connectivity index (χ0) is 21.8. The molecular weight excluding hydrogens is 393 g/mol. The zero-order valence-corrected chi connectivity index (χ0v) is 13.6. The van der Waals surface area contributed by atoms with Gasteiger partial charge in [0.2, 0.25) is 5.85 Å². The molecule has 1 aliphatic heterocycles. The van der Waals surface area contributed by atoms with Crippen LogP contribution in [0.25, 0.3) is 0 Å². The molecule has 1 aromatic rings. The Bertz CT molecular complexity index is 981. The second kappa shape index (κ2) is 6.83. The lowest BCUT2D eigenvalue weighted by molar-refractivity contribution is -0.178. The SMILES string of the molecule is [2H]C([2H])(OP(=O)(O)OP(=O)(O)O)[C@]1(F)C[C@@H](O)[C@]([2H])(n2ccc(=O)[nH]c2=O)O1. The number of phosphoric ester groups is 1. The van der Waals surface area contributed by atoms with Gasteiger partial charge in [-0.15, -0.1) is 0 Å². The fourth-order valence-electron chi connectivity index (χ4n) is 1.75. The first-order valence-electron chi connectivity index (χ1n) is 7.61. The third kappa shape index (κ3) is 5.38. The van der Waals surface area contributed by atoms with Crippen molar-refractivity contribution < 1.29 is 51.0 Å². The number of rotatable bonds is 6. The molecule has 0 radical (unpaired) electrons. The normalized spacial score (nSPS) is 34.8. The van der Waals surface area contributed by atoms with Crippen LogP contribution in [-0.4, -0.2) is 47.9 Å². The molecule has 16 heteroatoms. The van der Waals surface area contributed by atoms with Gasteiger partial charge < -0.3 is 24.5 Å². The summed E-state index contributed by atoms with van der Waals surface area (Å²) in [7, 11) is -11.6. The minimum atomic E-state index is -5.90. The number of ether oxygens (including phenoxy) is 1. The van der Waals surface area contributed by atoms with Gasteiger partial charge in [0, 0.05) is 18.7 Å². The number of aliphatic hydroxyl groups is 1. The maximum absolute atomic E-state index is 15.0. The Morgan fingerprint density at radius 2 is 2.16 bits per heavy atom. The summed E-state index contributed by atoms with van der Waals surface area (Å²) in [5, 5.41) is 9.97. The van der Waals surface area contributed by atoms with Gasteiger partial charge in [0.1, 0.15) is 12.7 Å². The summed E-state index contributed by atoms with van der Waals surface area (Å²) in [6.07, 6.45) is -6.09. The van der Waals surface area contributed by atoms with Crippen LogP contribution < -0.4 is 11.2 Å². The fraction of sp³-hybridized carbons (Fsp3) is 0.556. The molecule has 0 aromatic carbocycles. The Morgan fingerprint density at radius 1 is 1.52 bits per heavy atom. The lowest BCUT2D eigenvalue weighted by atomic mass is 10.2. The van der Waals surface area contributed by atoms with Crippen molar-refractivity contribution in [1.29, 1.82) is 0 Å². The first-order chi connectivity index (χ1) is 12.4. The molecule has 0 amide bonds. The smallest absolute Gasteiger partial charge is 0.388 e. The Balaban J connectivity index is 2.38. The van der Waals surface area contributed by atoms with Crippen molar-refractivity contribution >= 4 is 15.6 Å². The molecule has 0 saturated carbocycles. The Hall–Kier alpha value is -1.21. The molecule has 1 fully saturated rings. The van der Waals surface area contributed by atoms with Gasteiger partial charge in [-0.25, -0.2) is 18.3 Å². The maximum atomic E-state index is 15.0. The van der Waals surface area contributed by atoms with Crippen LogP contribution >= 0.6 is 15.6 Å². The van der Waals surface area contributed by atoms with Crippen LogP contribution in [0, 0.1) is 0 Å². The van der Waals surface area contributed by atoms with Gasteiger partial charge in [0.05, 0.1) is 4.11 Å². The number of halogens is 1. The predicted octanol–water partition coefficient (Wildman–Crippen LogP) is -1.29. The van der Waals surface area contributed by atoms with Crippen LogP contribution in [0.1, 0.15) is 16.7 Å². The number of hydrogen-bond donors (Lipinski definition) is 5. The minimum Gasteiger partial charge on any atom is -0.388 e. The number of aromatic amines is 1. The second-order valence-corrected chi connectivity index (χ2v) is 7.36. The highest BCUT2D eigenvalue weighted by Crippen LogP contribution is 2.58. The maximum Gasteiger partial charge on any atom is 0.481 e. The monoisotopic (exact) mass is 409 g/mol. The first-order valence-corrected chi connectivity index (χ1v) is 9.13. The van der Waals surface area contributed by atoms with Crippen LogP contribution in [-0.2, 0) is 22.7 Å². The molecule has 142 valence electrons. The molecule has 2 rings (SSSR count). The van der Waals surface area contributed by atoms with Gasteiger partial charge in [-0.05, 0) is 0 Å². The van der Waals surface area contributed by atoms with E-state index in [4.69, 9.17) is 13.9 Å². The van der Waals surface area contributed by atoms with Crippen LogP contribution in [0.5, 0.6) is 0 Å². The van der Waals surface area contributed by atoms with Crippen molar-refractivity contribution in [3.8, 4) is 0 Å². The van der Waals surface area contributed by atoms with Gasteiger partial charge >= 0.3 is 21.3 Å². The molecular formula is C9H13FN2O11P2. The molecule has 0 spiro atoms. The number of hydrogen-bond acceptors (Lipinski definition) is 8. The number of aliphatic hydroxyl groups excluding tert-OH is 1. The van der Waals surface area contributed by atoms with Gasteiger partial charge in [-0.3, -0.25) is 18.9 Å². The molecule has 0 aliphatic carbocycles. The van der Waals surface area contributed by atoms with E-state index in [-0.39, 0.29) is 4.57 Å². The number of aromatic nitrogens is 2. The highest BCUT2D eigenvalue weighted by atomic mass is 31.3. The molecule has 2 heterocycles. The van der Waals surface area contributed by atoms with Crippen molar-refractivity contribution in [3.05, 3.63) is 33.1 Å². The summed E-state index contributed by atoms with van der Waals surface area (Å²) in [4.78, 5) is 50.7. The van der Waals surface area contributed by atoms with E-state index < -0.39 is 58.0 Å². The summed E-state index contributed by atoms with van der Waals surface area (Å²) < 4.78 is 71.9. The van der Waals surface area contributed by atoms with Gasteiger partial charge in [0.15, 0.2) is 6.20 Å². The predicted molar refractivity (Wildman–Crippen MR) is 74.8 cm³/mol. The lowest BCUT2D eigenvalue weighted by Gasteiger charge is -2.22. The van der Waals surface area contributed by atoms with Gasteiger partial charge in [-0.2, -0.15) is 4.31 Å². The lowest BCUT2D eigenvalue weighted by Crippen LogP contribution is -2.35. The van der Waals surface area contributed by atoms with E-state index in [0.29, 0.717) is 12.3 Å². The van der Waals surface area contributed by atoms with Crippen molar-refractivity contribution in [2.24, 2.45) is 0 Å². The van der Waals surface area contributed by atoms with Crippen molar-refractivity contribution in [2.75, 3.05) is 6.56 Å². The Morgan fingerprint density at radius 3 is 2.72 bits per heavy atom. The minimum absolute atomic E-state index is 0.209. The molecule has 1 saturated heterocycles. The van der Waals surface area contributed by atoms with Crippen molar-refractivity contribution in [3.63, 3.8) is 0 Å². The number of nitrogens with zero attached hydrogens (tertiary/aromatic N) is 1. The van der Waals surface area contributed by atoms with E-state index in [1.165, 1.54) is 0 Å². The largest absolute Gasteiger partial charge is 0.481 e. The Labute approximate surface area is 141 Å². The zero-order valence-electron chi connectivity index (χ0n) is 14.8. The summed E-state index contributed by atoms with van der Waals surface area (Å²) >= 11 is 0. The van der Waals surface area contributed by atoms with E-state index in [0.717, 1.165) is 0 Å². The third-order valence-corrected chi connectivity index (χ3v) is 4.59. The highest BCUT2D eigenvalue weighted by Gasteiger charge is 2.49. The van der Waals surface area contributed by atoms with Crippen molar-refractivity contribution in [1.82, 2.24) is 9.55 Å². The van der Waals surface area contributed by atoms with Crippen LogP contribution in [0.3, 0.4) is 0 Å². The van der Waals surface area contributed by atoms with E-state index in [1.807, 2.05) is 0 Å². The molecule has 0 bridgehead atoms. The number of H-pyrrole nitrogens is 1. The number of nitrogens with one attached hydrogen (secondary N) is 1. The summed E-state index contributed by atoms with van der Waals surface area (Å²) in [5.74, 6) is -3.87. The molecule has 25 heavy (non-hydrogen) atoms. The molecule has 1 aliphatic rings. The van der Waals surface area contributed by atoms with E-state index in [2.05, 4.69) is 13.6 Å². The topological polar surface area (TPSA) is 198 Å². The van der Waals surface area contributed by atoms with Gasteiger partial charge in [0.25, 0.3) is 5.56 Å². The average Bonchev–Trinajstić information content (AvgIpc) is 2.66. The first kappa shape index (κ1) is 16.0. The Kier molecular flexibility index (Phi) is 4.37. The van der Waals surface area contributed by atoms with Crippen LogP contribution in [0.2, 0.25) is 0 Å². The van der Waals surface area contributed by atoms with E-state index in [1.54, 1.807) is 4.98 Å². The summed E-state index contributed by atoms with van der Waals surface area (Å²) in [6, 6.07) is 0.715. The fourth-order valence-corrected chi connectivity index (χ4v) is 3.21. The van der Waals surface area contributed by atoms with Crippen LogP contribution in [0.15, 0.2) is 21.9 Å². The second-order valence-electron chi connectivity index (χ2n) is 4.60. The average molecular weight is 409 g/mol. The van der Waals surface area contributed by atoms with E-state index >= 15 is 4.39 Å². The number of alkyl halides is 1. The quantitative estimate of drug-likeness (QED) is 0.350. The summed E-state index contributed by atoms with van der Waals surface area (Å²) in [6.45, 7) is -4.01. The van der Waals surface area contributed by atoms with Crippen molar-refractivity contribution in [2.45, 2.75) is 24.6 Å². The molecule has 5 N–H and O–H groups in total. The third-order valence-electron chi connectivity index (χ3n) is 2.59. The van der Waals surface area contributed by atoms with E-state index in [9.17, 15) is 28.7 Å². The van der Waals surface area contributed by atoms with Crippen LogP contribution in [0.4, 0.5) is 4.39 Å². The molecule has 4 atom stereocenters. The summed E-state index contributed by atoms with van der Waals surface area (Å²) in [5.41, 5.74) is -2.23.